The Labute approximate surface area is 105 Å². The van der Waals surface area contributed by atoms with E-state index in [2.05, 4.69) is 28.2 Å². The van der Waals surface area contributed by atoms with Gasteiger partial charge in [-0.3, -0.25) is 4.79 Å². The van der Waals surface area contributed by atoms with Crippen molar-refractivity contribution in [3.8, 4) is 0 Å². The van der Waals surface area contributed by atoms with Crippen molar-refractivity contribution in [2.45, 2.75) is 19.8 Å². The molecule has 1 rings (SSSR count). The average molecular weight is 282 g/mol. The summed E-state index contributed by atoms with van der Waals surface area (Å²) < 4.78 is 1.01. The molecule has 1 aromatic carbocycles. The lowest BCUT2D eigenvalue weighted by molar-refractivity contribution is -0.116. The van der Waals surface area contributed by atoms with E-state index in [1.165, 1.54) is 0 Å². The first-order valence-electron chi connectivity index (χ1n) is 5.44. The van der Waals surface area contributed by atoms with Crippen molar-refractivity contribution in [1.82, 2.24) is 5.32 Å². The van der Waals surface area contributed by atoms with E-state index in [9.17, 15) is 4.79 Å². The standard InChI is InChI=1S/C13H16BrNO/c1-2-3-9-15-13(16)8-7-11-5-4-6-12(14)10-11/h4-8,10H,2-3,9H2,1H3,(H,15,16). The van der Waals surface area contributed by atoms with Crippen LogP contribution in [0.4, 0.5) is 0 Å². The van der Waals surface area contributed by atoms with Gasteiger partial charge in [0.05, 0.1) is 0 Å². The van der Waals surface area contributed by atoms with E-state index in [1.54, 1.807) is 6.08 Å². The Morgan fingerprint density at radius 3 is 3.00 bits per heavy atom. The third-order valence-electron chi connectivity index (χ3n) is 2.11. The van der Waals surface area contributed by atoms with E-state index in [0.29, 0.717) is 0 Å². The van der Waals surface area contributed by atoms with Crippen LogP contribution in [0.5, 0.6) is 0 Å². The van der Waals surface area contributed by atoms with Crippen molar-refractivity contribution in [2.24, 2.45) is 0 Å². The van der Waals surface area contributed by atoms with Gasteiger partial charge in [-0.1, -0.05) is 41.4 Å². The number of carbonyl (C=O) groups excluding carboxylic acids is 1. The predicted molar refractivity (Wildman–Crippen MR) is 71.1 cm³/mol. The Morgan fingerprint density at radius 1 is 1.50 bits per heavy atom. The second-order valence-corrected chi connectivity index (χ2v) is 4.45. The number of halogens is 1. The number of hydrogen-bond acceptors (Lipinski definition) is 1. The number of hydrogen-bond donors (Lipinski definition) is 1. The lowest BCUT2D eigenvalue weighted by atomic mass is 10.2. The SMILES string of the molecule is CCCCNC(=O)C=Cc1cccc(Br)c1. The molecule has 0 saturated carbocycles. The molecule has 0 radical (unpaired) electrons. The van der Waals surface area contributed by atoms with Crippen LogP contribution in [0.2, 0.25) is 0 Å². The van der Waals surface area contributed by atoms with Crippen molar-refractivity contribution in [3.05, 3.63) is 40.4 Å². The first-order chi connectivity index (χ1) is 7.72. The van der Waals surface area contributed by atoms with Gasteiger partial charge in [-0.05, 0) is 30.2 Å². The minimum atomic E-state index is -0.0339. The van der Waals surface area contributed by atoms with Gasteiger partial charge in [0.1, 0.15) is 0 Å². The summed E-state index contributed by atoms with van der Waals surface area (Å²) in [4.78, 5) is 11.4. The molecule has 1 amide bonds. The zero-order valence-corrected chi connectivity index (χ0v) is 11.0. The van der Waals surface area contributed by atoms with Gasteiger partial charge < -0.3 is 5.32 Å². The molecule has 0 fully saturated rings. The summed E-state index contributed by atoms with van der Waals surface area (Å²) in [5.74, 6) is -0.0339. The molecule has 0 spiro atoms. The van der Waals surface area contributed by atoms with Crippen molar-refractivity contribution in [2.75, 3.05) is 6.54 Å². The van der Waals surface area contributed by atoms with Crippen molar-refractivity contribution >= 4 is 27.9 Å². The highest BCUT2D eigenvalue weighted by Crippen LogP contribution is 2.12. The molecule has 0 heterocycles. The average Bonchev–Trinajstić information content (AvgIpc) is 2.27. The van der Waals surface area contributed by atoms with Gasteiger partial charge in [-0.2, -0.15) is 0 Å². The van der Waals surface area contributed by atoms with E-state index in [4.69, 9.17) is 0 Å². The van der Waals surface area contributed by atoms with Gasteiger partial charge in [-0.15, -0.1) is 0 Å². The van der Waals surface area contributed by atoms with E-state index < -0.39 is 0 Å². The Morgan fingerprint density at radius 2 is 2.31 bits per heavy atom. The Kier molecular flexibility index (Phi) is 5.86. The number of amides is 1. The summed E-state index contributed by atoms with van der Waals surface area (Å²) in [5.41, 5.74) is 1.01. The maximum absolute atomic E-state index is 11.4. The summed E-state index contributed by atoms with van der Waals surface area (Å²) in [6, 6.07) is 7.83. The third-order valence-corrected chi connectivity index (χ3v) is 2.60. The number of rotatable bonds is 5. The molecule has 0 aliphatic carbocycles. The lowest BCUT2D eigenvalue weighted by Gasteiger charge is -1.99. The number of unbranched alkanes of at least 4 members (excludes halogenated alkanes) is 1. The summed E-state index contributed by atoms with van der Waals surface area (Å²) in [7, 11) is 0. The van der Waals surface area contributed by atoms with E-state index in [-0.39, 0.29) is 5.91 Å². The smallest absolute Gasteiger partial charge is 0.243 e. The fraction of sp³-hybridized carbons (Fsp3) is 0.308. The lowest BCUT2D eigenvalue weighted by Crippen LogP contribution is -2.21. The normalized spacial score (nSPS) is 10.6. The Balaban J connectivity index is 2.44. The maximum Gasteiger partial charge on any atom is 0.243 e. The fourth-order valence-corrected chi connectivity index (χ4v) is 1.65. The minimum Gasteiger partial charge on any atom is -0.353 e. The molecule has 0 aromatic heterocycles. The monoisotopic (exact) mass is 281 g/mol. The molecule has 3 heteroatoms. The van der Waals surface area contributed by atoms with Gasteiger partial charge in [0.15, 0.2) is 0 Å². The molecule has 0 atom stereocenters. The quantitative estimate of drug-likeness (QED) is 0.651. The van der Waals surface area contributed by atoms with E-state index >= 15 is 0 Å². The molecule has 1 aromatic rings. The summed E-state index contributed by atoms with van der Waals surface area (Å²) in [6.07, 6.45) is 5.50. The van der Waals surface area contributed by atoms with Crippen LogP contribution in [-0.4, -0.2) is 12.5 Å². The van der Waals surface area contributed by atoms with Crippen molar-refractivity contribution in [1.29, 1.82) is 0 Å². The van der Waals surface area contributed by atoms with Crippen LogP contribution in [0.3, 0.4) is 0 Å². The van der Waals surface area contributed by atoms with Crippen LogP contribution in [-0.2, 0) is 4.79 Å². The molecule has 86 valence electrons. The van der Waals surface area contributed by atoms with Crippen LogP contribution < -0.4 is 5.32 Å². The van der Waals surface area contributed by atoms with Gasteiger partial charge >= 0.3 is 0 Å². The zero-order chi connectivity index (χ0) is 11.8. The van der Waals surface area contributed by atoms with Gasteiger partial charge in [0.2, 0.25) is 5.91 Å². The molecule has 0 aliphatic rings. The summed E-state index contributed by atoms with van der Waals surface area (Å²) >= 11 is 3.39. The molecule has 0 bridgehead atoms. The third kappa shape index (κ3) is 5.12. The molecule has 0 unspecified atom stereocenters. The topological polar surface area (TPSA) is 29.1 Å². The summed E-state index contributed by atoms with van der Waals surface area (Å²) in [5, 5.41) is 2.83. The molecular formula is C13H16BrNO. The zero-order valence-electron chi connectivity index (χ0n) is 9.37. The molecule has 0 saturated heterocycles. The van der Waals surface area contributed by atoms with Gasteiger partial charge in [-0.25, -0.2) is 0 Å². The first kappa shape index (κ1) is 13.0. The second kappa shape index (κ2) is 7.23. The molecule has 16 heavy (non-hydrogen) atoms. The molecule has 1 N–H and O–H groups in total. The minimum absolute atomic E-state index is 0.0339. The van der Waals surface area contributed by atoms with Crippen LogP contribution in [0.1, 0.15) is 25.3 Å². The molecule has 0 aliphatic heterocycles. The highest BCUT2D eigenvalue weighted by atomic mass is 79.9. The van der Waals surface area contributed by atoms with Crippen LogP contribution >= 0.6 is 15.9 Å². The highest BCUT2D eigenvalue weighted by Gasteiger charge is 1.94. The van der Waals surface area contributed by atoms with Gasteiger partial charge in [0, 0.05) is 17.1 Å². The maximum atomic E-state index is 11.4. The number of nitrogens with one attached hydrogen (secondary N) is 1. The largest absolute Gasteiger partial charge is 0.353 e. The fourth-order valence-electron chi connectivity index (χ4n) is 1.23. The van der Waals surface area contributed by atoms with E-state index in [1.807, 2.05) is 30.3 Å². The predicted octanol–water partition coefficient (Wildman–Crippen LogP) is 3.38. The molecular weight excluding hydrogens is 266 g/mol. The first-order valence-corrected chi connectivity index (χ1v) is 6.23. The number of carbonyl (C=O) groups is 1. The van der Waals surface area contributed by atoms with Crippen molar-refractivity contribution in [3.63, 3.8) is 0 Å². The van der Waals surface area contributed by atoms with Crippen molar-refractivity contribution < 1.29 is 4.79 Å². The van der Waals surface area contributed by atoms with Crippen LogP contribution in [0, 0.1) is 0 Å². The van der Waals surface area contributed by atoms with E-state index in [0.717, 1.165) is 29.4 Å². The molecule has 2 nitrogen and oxygen atoms in total. The van der Waals surface area contributed by atoms with Gasteiger partial charge in [0.25, 0.3) is 0 Å². The van der Waals surface area contributed by atoms with Crippen LogP contribution in [0.25, 0.3) is 6.08 Å². The Hall–Kier alpha value is -1.09. The second-order valence-electron chi connectivity index (χ2n) is 3.53. The van der Waals surface area contributed by atoms with Crippen LogP contribution in [0.15, 0.2) is 34.8 Å². The number of benzene rings is 1. The Bertz CT molecular complexity index is 374. The summed E-state index contributed by atoms with van der Waals surface area (Å²) in [6.45, 7) is 2.85. The highest BCUT2D eigenvalue weighted by molar-refractivity contribution is 9.10.